The number of quaternary nitrogens is 1. The molecule has 0 amide bonds. The predicted molar refractivity (Wildman–Crippen MR) is 101 cm³/mol. The Balaban J connectivity index is 1.62. The Labute approximate surface area is 155 Å². The van der Waals surface area contributed by atoms with Crippen molar-refractivity contribution >= 4 is 0 Å². The van der Waals surface area contributed by atoms with Gasteiger partial charge in [-0.15, -0.1) is 0 Å². The zero-order valence-corrected chi connectivity index (χ0v) is 15.7. The molecule has 2 aromatic carbocycles. The first-order valence-corrected chi connectivity index (χ1v) is 9.77. The molecule has 0 saturated carbocycles. The van der Waals surface area contributed by atoms with E-state index in [9.17, 15) is 8.78 Å². The van der Waals surface area contributed by atoms with Crippen LogP contribution in [0, 0.1) is 17.6 Å². The number of halogens is 2. The fraction of sp³-hybridized carbons (Fsp3) is 0.478. The first-order valence-electron chi connectivity index (χ1n) is 9.77. The van der Waals surface area contributed by atoms with E-state index in [1.54, 1.807) is 24.3 Å². The summed E-state index contributed by atoms with van der Waals surface area (Å²) in [6.07, 6.45) is 6.06. The van der Waals surface area contributed by atoms with E-state index in [2.05, 4.69) is 14.1 Å². The number of nitrogens with zero attached hydrogens (tertiary/aromatic N) is 1. The molecular weight excluding hydrogens is 328 g/mol. The van der Waals surface area contributed by atoms with Gasteiger partial charge in [0.2, 0.25) is 0 Å². The fourth-order valence-electron chi connectivity index (χ4n) is 5.43. The highest BCUT2D eigenvalue weighted by Crippen LogP contribution is 2.46. The van der Waals surface area contributed by atoms with Crippen LogP contribution in [0.1, 0.15) is 49.1 Å². The van der Waals surface area contributed by atoms with Gasteiger partial charge in [-0.3, -0.25) is 0 Å². The highest BCUT2D eigenvalue weighted by Gasteiger charge is 2.49. The van der Waals surface area contributed by atoms with Gasteiger partial charge in [0.25, 0.3) is 0 Å². The van der Waals surface area contributed by atoms with Crippen LogP contribution in [0.25, 0.3) is 0 Å². The molecule has 2 heterocycles. The normalized spacial score (nSPS) is 27.0. The SMILES string of the molecule is C[N+]1(C)[C@@H]2CC[C@H]1CC(CC(c1cccc(F)c1)c1cccc(F)c1)C2. The average Bonchev–Trinajstić information content (AvgIpc) is 2.77. The first-order chi connectivity index (χ1) is 12.4. The zero-order chi connectivity index (χ0) is 18.3. The number of hydrogen-bond acceptors (Lipinski definition) is 0. The third kappa shape index (κ3) is 3.29. The minimum atomic E-state index is -0.217. The van der Waals surface area contributed by atoms with Crippen molar-refractivity contribution in [2.45, 2.75) is 50.1 Å². The molecular formula is C23H28F2N+. The van der Waals surface area contributed by atoms with Crippen molar-refractivity contribution in [1.29, 1.82) is 0 Å². The molecule has 0 aliphatic carbocycles. The van der Waals surface area contributed by atoms with Crippen molar-refractivity contribution in [3.05, 3.63) is 71.3 Å². The molecule has 0 aromatic heterocycles. The lowest BCUT2D eigenvalue weighted by atomic mass is 9.78. The number of piperidine rings is 1. The molecule has 3 heteroatoms. The number of fused-ring (bicyclic) bond motifs is 2. The molecule has 2 fully saturated rings. The van der Waals surface area contributed by atoms with Crippen LogP contribution in [-0.4, -0.2) is 30.7 Å². The fourth-order valence-corrected chi connectivity index (χ4v) is 5.43. The molecule has 2 aliphatic heterocycles. The minimum Gasteiger partial charge on any atom is -0.324 e. The van der Waals surface area contributed by atoms with Gasteiger partial charge in [0.15, 0.2) is 0 Å². The van der Waals surface area contributed by atoms with Gasteiger partial charge in [0.05, 0.1) is 26.2 Å². The Bertz CT molecular complexity index is 724. The van der Waals surface area contributed by atoms with Crippen LogP contribution >= 0.6 is 0 Å². The molecule has 2 aromatic rings. The van der Waals surface area contributed by atoms with E-state index in [-0.39, 0.29) is 17.6 Å². The van der Waals surface area contributed by atoms with Gasteiger partial charge in [-0.05, 0) is 47.7 Å². The van der Waals surface area contributed by atoms with E-state index in [1.165, 1.54) is 37.8 Å². The largest absolute Gasteiger partial charge is 0.324 e. The van der Waals surface area contributed by atoms with E-state index in [0.717, 1.165) is 34.1 Å². The van der Waals surface area contributed by atoms with Gasteiger partial charge in [-0.1, -0.05) is 24.3 Å². The molecule has 0 spiro atoms. The van der Waals surface area contributed by atoms with Crippen molar-refractivity contribution in [3.63, 3.8) is 0 Å². The van der Waals surface area contributed by atoms with Crippen molar-refractivity contribution in [2.75, 3.05) is 14.1 Å². The topological polar surface area (TPSA) is 0 Å². The van der Waals surface area contributed by atoms with E-state index in [1.807, 2.05) is 12.1 Å². The highest BCUT2D eigenvalue weighted by molar-refractivity contribution is 5.33. The Hall–Kier alpha value is -1.74. The summed E-state index contributed by atoms with van der Waals surface area (Å²) in [5, 5.41) is 0. The van der Waals surface area contributed by atoms with Crippen molar-refractivity contribution in [2.24, 2.45) is 5.92 Å². The standard InChI is InChI=1S/C23H28F2N/c1-26(2)21-9-10-22(26)12-16(11-21)13-23(17-5-3-7-19(24)14-17)18-6-4-8-20(25)15-18/h3-8,14-16,21-23H,9-13H2,1-2H3/q+1/t16?,21-,22+. The second kappa shape index (κ2) is 6.77. The number of rotatable bonds is 4. The van der Waals surface area contributed by atoms with Crippen LogP contribution in [0.2, 0.25) is 0 Å². The maximum atomic E-state index is 13.9. The van der Waals surface area contributed by atoms with Crippen molar-refractivity contribution < 1.29 is 13.3 Å². The lowest BCUT2D eigenvalue weighted by molar-refractivity contribution is -0.931. The molecule has 0 radical (unpaired) electrons. The van der Waals surface area contributed by atoms with Crippen LogP contribution in [0.3, 0.4) is 0 Å². The summed E-state index contributed by atoms with van der Waals surface area (Å²) >= 11 is 0. The minimum absolute atomic E-state index is 0.0551. The maximum Gasteiger partial charge on any atom is 0.123 e. The quantitative estimate of drug-likeness (QED) is 0.634. The van der Waals surface area contributed by atoms with E-state index < -0.39 is 0 Å². The lowest BCUT2D eigenvalue weighted by Crippen LogP contribution is -2.54. The van der Waals surface area contributed by atoms with Crippen LogP contribution < -0.4 is 0 Å². The van der Waals surface area contributed by atoms with E-state index in [4.69, 9.17) is 0 Å². The third-order valence-corrected chi connectivity index (χ3v) is 7.00. The van der Waals surface area contributed by atoms with E-state index >= 15 is 0 Å². The summed E-state index contributed by atoms with van der Waals surface area (Å²) in [5.74, 6) is 0.241. The summed E-state index contributed by atoms with van der Waals surface area (Å²) in [4.78, 5) is 0. The van der Waals surface area contributed by atoms with Crippen LogP contribution in [-0.2, 0) is 0 Å². The number of benzene rings is 2. The molecule has 1 unspecified atom stereocenters. The lowest BCUT2D eigenvalue weighted by Gasteiger charge is -2.45. The van der Waals surface area contributed by atoms with Gasteiger partial charge in [-0.25, -0.2) is 8.78 Å². The van der Waals surface area contributed by atoms with Gasteiger partial charge in [-0.2, -0.15) is 0 Å². The summed E-state index contributed by atoms with van der Waals surface area (Å²) in [6.45, 7) is 0. The second-order valence-corrected chi connectivity index (χ2v) is 8.75. The molecule has 26 heavy (non-hydrogen) atoms. The molecule has 2 saturated heterocycles. The van der Waals surface area contributed by atoms with Crippen molar-refractivity contribution in [1.82, 2.24) is 0 Å². The Kier molecular flexibility index (Phi) is 4.60. The monoisotopic (exact) mass is 356 g/mol. The van der Waals surface area contributed by atoms with Gasteiger partial charge in [0, 0.05) is 31.6 Å². The summed E-state index contributed by atoms with van der Waals surface area (Å²) in [5.41, 5.74) is 1.92. The average molecular weight is 356 g/mol. The van der Waals surface area contributed by atoms with Crippen LogP contribution in [0.15, 0.2) is 48.5 Å². The van der Waals surface area contributed by atoms with Crippen LogP contribution in [0.5, 0.6) is 0 Å². The molecule has 4 rings (SSSR count). The number of hydrogen-bond donors (Lipinski definition) is 0. The van der Waals surface area contributed by atoms with E-state index in [0.29, 0.717) is 5.92 Å². The van der Waals surface area contributed by atoms with Gasteiger partial charge < -0.3 is 4.48 Å². The molecule has 1 nitrogen and oxygen atoms in total. The molecule has 0 N–H and O–H groups in total. The third-order valence-electron chi connectivity index (χ3n) is 7.00. The predicted octanol–water partition coefficient (Wildman–Crippen LogP) is 5.50. The van der Waals surface area contributed by atoms with Crippen LogP contribution in [0.4, 0.5) is 8.78 Å². The zero-order valence-electron chi connectivity index (χ0n) is 15.7. The maximum absolute atomic E-state index is 13.9. The Morgan fingerprint density at radius 2 is 1.38 bits per heavy atom. The van der Waals surface area contributed by atoms with Gasteiger partial charge in [0.1, 0.15) is 11.6 Å². The van der Waals surface area contributed by atoms with Crippen molar-refractivity contribution in [3.8, 4) is 0 Å². The first kappa shape index (κ1) is 17.7. The summed E-state index contributed by atoms with van der Waals surface area (Å²) < 4.78 is 28.9. The second-order valence-electron chi connectivity index (χ2n) is 8.75. The Morgan fingerprint density at radius 3 is 1.85 bits per heavy atom. The van der Waals surface area contributed by atoms with Gasteiger partial charge >= 0.3 is 0 Å². The smallest absolute Gasteiger partial charge is 0.123 e. The summed E-state index contributed by atoms with van der Waals surface area (Å²) in [7, 11) is 4.74. The molecule has 2 bridgehead atoms. The summed E-state index contributed by atoms with van der Waals surface area (Å²) in [6, 6.07) is 15.2. The highest BCUT2D eigenvalue weighted by atomic mass is 19.1. The molecule has 3 atom stereocenters. The molecule has 138 valence electrons. The molecule has 2 aliphatic rings. The Morgan fingerprint density at radius 1 is 0.885 bits per heavy atom.